The van der Waals surface area contributed by atoms with E-state index in [0.717, 1.165) is 15.5 Å². The van der Waals surface area contributed by atoms with Gasteiger partial charge in [-0.1, -0.05) is 9.64 Å². The summed E-state index contributed by atoms with van der Waals surface area (Å²) < 4.78 is 4.63. The van der Waals surface area contributed by atoms with E-state index in [1.54, 1.807) is 11.6 Å². The van der Waals surface area contributed by atoms with Crippen LogP contribution in [0.5, 0.6) is 0 Å². The SMILES string of the molecule is CO/N=C(\C(=O)N[C@@H]1C(=O)N2C(C(=O)O)=C(CSc3cnns3)CS[C@H]12)c1csc(N)n1.[Na+]. The molecule has 0 bridgehead atoms. The molecule has 1 saturated heterocycles. The summed E-state index contributed by atoms with van der Waals surface area (Å²) in [6.45, 7) is 0. The smallest absolute Gasteiger partial charge is 0.477 e. The predicted molar refractivity (Wildman–Crippen MR) is 120 cm³/mol. The fourth-order valence-electron chi connectivity index (χ4n) is 3.08. The first-order chi connectivity index (χ1) is 15.4. The minimum atomic E-state index is -1.19. The van der Waals surface area contributed by atoms with Gasteiger partial charge in [0.15, 0.2) is 10.8 Å². The number of nitrogens with zero attached hydrogens (tertiary/aromatic N) is 5. The third-order valence-corrected chi connectivity index (χ3v) is 8.36. The molecule has 0 unspecified atom stereocenters. The number of aromatic nitrogens is 3. The molecule has 2 aliphatic heterocycles. The summed E-state index contributed by atoms with van der Waals surface area (Å²) in [6, 6.07) is -0.903. The average molecular weight is 537 g/mol. The Morgan fingerprint density at radius 1 is 1.48 bits per heavy atom. The number of nitrogens with two attached hydrogens (primary N) is 1. The van der Waals surface area contributed by atoms with Crippen molar-refractivity contribution in [1.82, 2.24) is 24.8 Å². The van der Waals surface area contributed by atoms with Crippen LogP contribution in [-0.2, 0) is 19.2 Å². The molecule has 4 heterocycles. The number of hydrogen-bond donors (Lipinski definition) is 3. The third kappa shape index (κ3) is 5.36. The molecule has 2 aromatic heterocycles. The molecule has 2 amide bonds. The molecule has 33 heavy (non-hydrogen) atoms. The molecule has 0 aliphatic carbocycles. The number of oxime groups is 1. The first kappa shape index (κ1) is 25.9. The molecule has 0 radical (unpaired) electrons. The Morgan fingerprint density at radius 3 is 2.88 bits per heavy atom. The third-order valence-electron chi connectivity index (χ3n) is 4.43. The molecule has 2 atom stereocenters. The quantitative estimate of drug-likeness (QED) is 0.107. The van der Waals surface area contributed by atoms with Gasteiger partial charge in [0, 0.05) is 16.9 Å². The Hall–Kier alpha value is -1.69. The Labute approximate surface area is 225 Å². The summed E-state index contributed by atoms with van der Waals surface area (Å²) in [6.07, 6.45) is 1.60. The molecule has 4 N–H and O–H groups in total. The number of nitrogen functional groups attached to an aromatic ring is 1. The van der Waals surface area contributed by atoms with Gasteiger partial charge >= 0.3 is 35.5 Å². The van der Waals surface area contributed by atoms with Crippen molar-refractivity contribution in [3.05, 3.63) is 28.5 Å². The number of fused-ring (bicyclic) bond motifs is 1. The van der Waals surface area contributed by atoms with Crippen molar-refractivity contribution in [2.24, 2.45) is 5.16 Å². The Bertz CT molecular complexity index is 1120. The molecule has 168 valence electrons. The molecule has 1 fully saturated rings. The first-order valence-electron chi connectivity index (χ1n) is 8.84. The molecule has 2 aromatic rings. The van der Waals surface area contributed by atoms with E-state index in [9.17, 15) is 19.5 Å². The van der Waals surface area contributed by atoms with Gasteiger partial charge < -0.3 is 21.0 Å². The Balaban J connectivity index is 0.00000306. The summed E-state index contributed by atoms with van der Waals surface area (Å²) in [4.78, 5) is 47.5. The number of rotatable bonds is 8. The monoisotopic (exact) mass is 536 g/mol. The first-order valence-corrected chi connectivity index (χ1v) is 12.5. The topological polar surface area (TPSA) is 173 Å². The molecule has 12 nitrogen and oxygen atoms in total. The van der Waals surface area contributed by atoms with E-state index in [2.05, 4.69) is 25.0 Å². The van der Waals surface area contributed by atoms with E-state index in [-0.39, 0.29) is 51.8 Å². The number of thiazole rings is 1. The van der Waals surface area contributed by atoms with Crippen LogP contribution in [0.25, 0.3) is 0 Å². The van der Waals surface area contributed by atoms with E-state index >= 15 is 0 Å². The maximum atomic E-state index is 12.8. The number of carbonyl (C=O) groups is 3. The van der Waals surface area contributed by atoms with Gasteiger partial charge in [0.1, 0.15) is 34.1 Å². The summed E-state index contributed by atoms with van der Waals surface area (Å²) >= 11 is 5.14. The van der Waals surface area contributed by atoms with Crippen LogP contribution in [0.2, 0.25) is 0 Å². The van der Waals surface area contributed by atoms with Crippen molar-refractivity contribution in [3.8, 4) is 0 Å². The van der Waals surface area contributed by atoms with Gasteiger partial charge in [-0.05, 0) is 17.1 Å². The zero-order valence-electron chi connectivity index (χ0n) is 17.3. The van der Waals surface area contributed by atoms with Crippen molar-refractivity contribution < 1.29 is 53.9 Å². The van der Waals surface area contributed by atoms with Gasteiger partial charge in [0.05, 0.1) is 6.20 Å². The number of amides is 2. The van der Waals surface area contributed by atoms with Crippen molar-refractivity contribution in [3.63, 3.8) is 0 Å². The van der Waals surface area contributed by atoms with Crippen molar-refractivity contribution in [2.75, 3.05) is 24.3 Å². The van der Waals surface area contributed by atoms with Gasteiger partial charge in [0.2, 0.25) is 0 Å². The fraction of sp³-hybridized carbons (Fsp3) is 0.312. The number of aliphatic carboxylic acids is 1. The van der Waals surface area contributed by atoms with Gasteiger partial charge in [-0.3, -0.25) is 14.5 Å². The Kier molecular flexibility index (Phi) is 8.76. The molecule has 4 rings (SSSR count). The summed E-state index contributed by atoms with van der Waals surface area (Å²) in [5, 5.41) is 21.1. The maximum absolute atomic E-state index is 12.8. The number of carbonyl (C=O) groups excluding carboxylic acids is 2. The van der Waals surface area contributed by atoms with Gasteiger partial charge in [-0.25, -0.2) is 9.78 Å². The number of anilines is 1. The number of thioether (sulfide) groups is 2. The van der Waals surface area contributed by atoms with Crippen LogP contribution in [0.1, 0.15) is 5.69 Å². The molecule has 17 heteroatoms. The number of carboxylic acid groups (broad SMARTS) is 1. The molecular formula is C16H15N7NaO5S4+. The second kappa shape index (κ2) is 11.2. The molecule has 0 aromatic carbocycles. The second-order valence-electron chi connectivity index (χ2n) is 6.34. The average Bonchev–Trinajstić information content (AvgIpc) is 3.45. The van der Waals surface area contributed by atoms with Crippen LogP contribution in [0.4, 0.5) is 5.13 Å². The largest absolute Gasteiger partial charge is 1.00 e. The van der Waals surface area contributed by atoms with E-state index in [4.69, 9.17) is 10.6 Å². The summed E-state index contributed by atoms with van der Waals surface area (Å²) in [7, 11) is 1.28. The molecule has 0 saturated carbocycles. The van der Waals surface area contributed by atoms with Crippen LogP contribution in [0.3, 0.4) is 0 Å². The van der Waals surface area contributed by atoms with Gasteiger partial charge in [0.25, 0.3) is 11.8 Å². The fourth-order valence-corrected chi connectivity index (χ4v) is 6.53. The Morgan fingerprint density at radius 2 is 2.27 bits per heavy atom. The van der Waals surface area contributed by atoms with Gasteiger partial charge in [-0.2, -0.15) is 0 Å². The van der Waals surface area contributed by atoms with E-state index in [1.807, 2.05) is 0 Å². The second-order valence-corrected chi connectivity index (χ2v) is 10.4. The maximum Gasteiger partial charge on any atom is 1.00 e. The molecule has 0 spiro atoms. The summed E-state index contributed by atoms with van der Waals surface area (Å²) in [5.41, 5.74) is 6.28. The van der Waals surface area contributed by atoms with E-state index in [1.165, 1.54) is 47.1 Å². The van der Waals surface area contributed by atoms with Crippen molar-refractivity contribution in [2.45, 2.75) is 15.6 Å². The van der Waals surface area contributed by atoms with Crippen LogP contribution < -0.4 is 40.6 Å². The normalized spacial score (nSPS) is 20.0. The number of carboxylic acids is 1. The standard InChI is InChI=1S/C16H15N7O5S4.Na/c1-28-21-9(7-5-31-16(17)19-7)12(24)20-10-13(25)23-11(15(26)27)6(4-30-14(10)23)3-29-8-2-18-22-32-8;/h2,5,10,14H,3-4H2,1H3,(H2,17,19)(H,20,24)(H,26,27);/q;+1/b21-9-;/t10-,14-;/m1./s1. The van der Waals surface area contributed by atoms with Crippen LogP contribution in [0.15, 0.2) is 32.2 Å². The zero-order valence-corrected chi connectivity index (χ0v) is 22.5. The molecule has 2 aliphatic rings. The van der Waals surface area contributed by atoms with E-state index in [0.29, 0.717) is 17.1 Å². The minimum absolute atomic E-state index is 0. The number of nitrogens with one attached hydrogen (secondary N) is 1. The van der Waals surface area contributed by atoms with Crippen LogP contribution in [0, 0.1) is 0 Å². The van der Waals surface area contributed by atoms with Crippen molar-refractivity contribution in [1.29, 1.82) is 0 Å². The minimum Gasteiger partial charge on any atom is -0.477 e. The van der Waals surface area contributed by atoms with Crippen LogP contribution >= 0.6 is 46.4 Å². The zero-order chi connectivity index (χ0) is 22.8. The van der Waals surface area contributed by atoms with Crippen molar-refractivity contribution >= 4 is 75.0 Å². The number of β-lactam (4-membered cyclic amide) rings is 1. The summed E-state index contributed by atoms with van der Waals surface area (Å²) in [5.74, 6) is -1.57. The van der Waals surface area contributed by atoms with Crippen LogP contribution in [-0.4, -0.2) is 78.1 Å². The molecular weight excluding hydrogens is 521 g/mol. The number of hydrogen-bond acceptors (Lipinski definition) is 13. The van der Waals surface area contributed by atoms with E-state index < -0.39 is 29.2 Å². The van der Waals surface area contributed by atoms with Gasteiger partial charge in [-0.15, -0.1) is 40.0 Å². The predicted octanol–water partition coefficient (Wildman–Crippen LogP) is -2.54.